The number of hydrogen-bond donors (Lipinski definition) is 1. The topological polar surface area (TPSA) is 61.9 Å². The van der Waals surface area contributed by atoms with E-state index >= 15 is 0 Å². The van der Waals surface area contributed by atoms with E-state index < -0.39 is 11.6 Å². The van der Waals surface area contributed by atoms with Gasteiger partial charge >= 0.3 is 0 Å². The summed E-state index contributed by atoms with van der Waals surface area (Å²) in [6, 6.07) is 8.72. The minimum Gasteiger partial charge on any atom is -0.481 e. The van der Waals surface area contributed by atoms with Crippen molar-refractivity contribution in [2.45, 2.75) is 13.8 Å². The Kier molecular flexibility index (Phi) is 6.99. The van der Waals surface area contributed by atoms with E-state index in [0.717, 1.165) is 28.9 Å². The van der Waals surface area contributed by atoms with Gasteiger partial charge in [-0.1, -0.05) is 12.1 Å². The molecule has 1 heterocycles. The fourth-order valence-electron chi connectivity index (χ4n) is 3.26. The van der Waals surface area contributed by atoms with Crippen molar-refractivity contribution in [2.24, 2.45) is 0 Å². The van der Waals surface area contributed by atoms with Crippen LogP contribution in [0.5, 0.6) is 5.75 Å². The molecule has 8 heteroatoms. The summed E-state index contributed by atoms with van der Waals surface area (Å²) in [6.07, 6.45) is 0. The van der Waals surface area contributed by atoms with Gasteiger partial charge in [0, 0.05) is 37.9 Å². The van der Waals surface area contributed by atoms with Crippen LogP contribution in [-0.4, -0.2) is 60.9 Å². The summed E-state index contributed by atoms with van der Waals surface area (Å²) in [5.74, 6) is -2.09. The van der Waals surface area contributed by atoms with Crippen LogP contribution in [0.15, 0.2) is 36.4 Å². The van der Waals surface area contributed by atoms with Crippen molar-refractivity contribution in [1.29, 1.82) is 0 Å². The number of piperazine rings is 1. The third-order valence-electron chi connectivity index (χ3n) is 5.22. The molecule has 0 unspecified atom stereocenters. The van der Waals surface area contributed by atoms with Crippen molar-refractivity contribution in [3.05, 3.63) is 59.2 Å². The van der Waals surface area contributed by atoms with Gasteiger partial charge in [-0.2, -0.15) is 0 Å². The quantitative estimate of drug-likeness (QED) is 0.785. The lowest BCUT2D eigenvalue weighted by Crippen LogP contribution is -2.51. The van der Waals surface area contributed by atoms with E-state index in [2.05, 4.69) is 5.32 Å². The van der Waals surface area contributed by atoms with Crippen molar-refractivity contribution in [3.63, 3.8) is 0 Å². The molecule has 2 aromatic rings. The van der Waals surface area contributed by atoms with E-state index in [0.29, 0.717) is 32.2 Å². The van der Waals surface area contributed by atoms with Crippen LogP contribution in [0.4, 0.5) is 14.5 Å². The number of rotatable bonds is 6. The number of anilines is 1. The average Bonchev–Trinajstić information content (AvgIpc) is 2.71. The van der Waals surface area contributed by atoms with Gasteiger partial charge in [-0.25, -0.2) is 8.78 Å². The highest BCUT2D eigenvalue weighted by Gasteiger charge is 2.23. The number of amides is 2. The molecule has 0 bridgehead atoms. The van der Waals surface area contributed by atoms with Gasteiger partial charge < -0.3 is 15.0 Å². The molecule has 0 spiro atoms. The highest BCUT2D eigenvalue weighted by Crippen LogP contribution is 2.19. The second-order valence-electron chi connectivity index (χ2n) is 7.32. The van der Waals surface area contributed by atoms with Crippen molar-refractivity contribution in [3.8, 4) is 5.75 Å². The number of benzene rings is 2. The summed E-state index contributed by atoms with van der Waals surface area (Å²) in [4.78, 5) is 28.2. The van der Waals surface area contributed by atoms with E-state index in [-0.39, 0.29) is 30.7 Å². The largest absolute Gasteiger partial charge is 0.481 e. The monoisotopic (exact) mass is 417 g/mol. The molecule has 2 aromatic carbocycles. The first-order valence-electron chi connectivity index (χ1n) is 9.77. The number of aryl methyl sites for hydroxylation is 1. The summed E-state index contributed by atoms with van der Waals surface area (Å²) in [5, 5.41) is 2.94. The molecule has 1 N–H and O–H groups in total. The summed E-state index contributed by atoms with van der Waals surface area (Å²) in [7, 11) is 0. The SMILES string of the molecule is Cc1cccc(NC(=O)CN2CCN(C(=O)COc3ccc(F)cc3F)CC2)c1C. The molecule has 3 rings (SSSR count). The van der Waals surface area contributed by atoms with Gasteiger partial charge in [-0.15, -0.1) is 0 Å². The lowest BCUT2D eigenvalue weighted by atomic mass is 10.1. The Balaban J connectivity index is 1.43. The van der Waals surface area contributed by atoms with Crippen LogP contribution in [-0.2, 0) is 9.59 Å². The van der Waals surface area contributed by atoms with E-state index in [1.165, 1.54) is 0 Å². The predicted molar refractivity (Wildman–Crippen MR) is 109 cm³/mol. The molecule has 0 radical (unpaired) electrons. The molecular weight excluding hydrogens is 392 g/mol. The Morgan fingerprint density at radius 1 is 1.07 bits per heavy atom. The van der Waals surface area contributed by atoms with Crippen LogP contribution in [0.2, 0.25) is 0 Å². The van der Waals surface area contributed by atoms with E-state index in [4.69, 9.17) is 4.74 Å². The lowest BCUT2D eigenvalue weighted by molar-refractivity contribution is -0.135. The third-order valence-corrected chi connectivity index (χ3v) is 5.22. The highest BCUT2D eigenvalue weighted by molar-refractivity contribution is 5.93. The van der Waals surface area contributed by atoms with Gasteiger partial charge in [0.05, 0.1) is 6.54 Å². The van der Waals surface area contributed by atoms with Gasteiger partial charge in [0.25, 0.3) is 5.91 Å². The lowest BCUT2D eigenvalue weighted by Gasteiger charge is -2.34. The van der Waals surface area contributed by atoms with Crippen LogP contribution in [0.25, 0.3) is 0 Å². The number of ether oxygens (including phenoxy) is 1. The minimum atomic E-state index is -0.845. The van der Waals surface area contributed by atoms with Crippen LogP contribution >= 0.6 is 0 Å². The molecule has 1 fully saturated rings. The number of nitrogens with zero attached hydrogens (tertiary/aromatic N) is 2. The fourth-order valence-corrected chi connectivity index (χ4v) is 3.26. The zero-order valence-electron chi connectivity index (χ0n) is 17.1. The van der Waals surface area contributed by atoms with E-state index in [1.807, 2.05) is 36.9 Å². The van der Waals surface area contributed by atoms with Gasteiger partial charge in [0.1, 0.15) is 5.82 Å². The maximum Gasteiger partial charge on any atom is 0.260 e. The molecule has 0 aliphatic carbocycles. The molecule has 6 nitrogen and oxygen atoms in total. The summed E-state index contributed by atoms with van der Waals surface area (Å²) in [6.45, 7) is 5.89. The Morgan fingerprint density at radius 2 is 1.80 bits per heavy atom. The van der Waals surface area contributed by atoms with Gasteiger partial charge in [-0.05, 0) is 43.2 Å². The van der Waals surface area contributed by atoms with Crippen LogP contribution in [0, 0.1) is 25.5 Å². The number of nitrogens with one attached hydrogen (secondary N) is 1. The maximum atomic E-state index is 13.6. The highest BCUT2D eigenvalue weighted by atomic mass is 19.1. The zero-order valence-corrected chi connectivity index (χ0v) is 17.1. The molecule has 1 aliphatic heterocycles. The first kappa shape index (κ1) is 21.7. The standard InChI is InChI=1S/C22H25F2N3O3/c1-15-4-3-5-19(16(15)2)25-21(28)13-26-8-10-27(11-9-26)22(29)14-30-20-7-6-17(23)12-18(20)24/h3-7,12H,8-11,13-14H2,1-2H3,(H,25,28). The van der Waals surface area contributed by atoms with Crippen LogP contribution in [0.1, 0.15) is 11.1 Å². The smallest absolute Gasteiger partial charge is 0.260 e. The van der Waals surface area contributed by atoms with Crippen LogP contribution in [0.3, 0.4) is 0 Å². The summed E-state index contributed by atoms with van der Waals surface area (Å²) in [5.41, 5.74) is 2.96. The number of hydrogen-bond acceptors (Lipinski definition) is 4. The first-order valence-corrected chi connectivity index (χ1v) is 9.77. The second kappa shape index (κ2) is 9.67. The molecule has 0 saturated carbocycles. The number of carbonyl (C=O) groups is 2. The van der Waals surface area contributed by atoms with Crippen molar-refractivity contribution >= 4 is 17.5 Å². The second-order valence-corrected chi connectivity index (χ2v) is 7.32. The predicted octanol–water partition coefficient (Wildman–Crippen LogP) is 2.74. The van der Waals surface area contributed by atoms with E-state index in [1.54, 1.807) is 4.90 Å². The molecule has 160 valence electrons. The average molecular weight is 417 g/mol. The molecule has 0 aromatic heterocycles. The molecule has 1 saturated heterocycles. The maximum absolute atomic E-state index is 13.6. The van der Waals surface area contributed by atoms with Crippen molar-refractivity contribution in [1.82, 2.24) is 9.80 Å². The number of halogens is 2. The molecule has 30 heavy (non-hydrogen) atoms. The molecule has 0 atom stereocenters. The van der Waals surface area contributed by atoms with Crippen LogP contribution < -0.4 is 10.1 Å². The molecular formula is C22H25F2N3O3. The Morgan fingerprint density at radius 3 is 2.50 bits per heavy atom. The summed E-state index contributed by atoms with van der Waals surface area (Å²) < 4.78 is 31.7. The Bertz CT molecular complexity index is 928. The molecule has 2 amide bonds. The zero-order chi connectivity index (χ0) is 21.7. The normalized spacial score (nSPS) is 14.5. The van der Waals surface area contributed by atoms with Crippen molar-refractivity contribution in [2.75, 3.05) is 44.6 Å². The van der Waals surface area contributed by atoms with Gasteiger partial charge in [-0.3, -0.25) is 14.5 Å². The first-order chi connectivity index (χ1) is 14.3. The van der Waals surface area contributed by atoms with Gasteiger partial charge in [0.15, 0.2) is 18.2 Å². The van der Waals surface area contributed by atoms with E-state index in [9.17, 15) is 18.4 Å². The minimum absolute atomic E-state index is 0.0985. The van der Waals surface area contributed by atoms with Crippen molar-refractivity contribution < 1.29 is 23.1 Å². The summed E-state index contributed by atoms with van der Waals surface area (Å²) >= 11 is 0. The Labute approximate surface area is 174 Å². The Hall–Kier alpha value is -3.00. The van der Waals surface area contributed by atoms with Gasteiger partial charge in [0.2, 0.25) is 5.91 Å². The molecule has 1 aliphatic rings. The third kappa shape index (κ3) is 5.54. The fraction of sp³-hybridized carbons (Fsp3) is 0.364. The number of carbonyl (C=O) groups excluding carboxylic acids is 2.